The van der Waals surface area contributed by atoms with E-state index >= 15 is 0 Å². The number of benzene rings is 2. The van der Waals surface area contributed by atoms with Crippen LogP contribution in [0, 0.1) is 5.82 Å². The summed E-state index contributed by atoms with van der Waals surface area (Å²) >= 11 is 0. The maximum atomic E-state index is 13.0. The number of carboxylic acid groups (broad SMARTS) is 1. The monoisotopic (exact) mass is 370 g/mol. The number of hydrogen-bond donors (Lipinski definition) is 2. The Morgan fingerprint density at radius 1 is 1.07 bits per heavy atom. The van der Waals surface area contributed by atoms with Crippen LogP contribution < -0.4 is 5.32 Å². The molecule has 0 radical (unpaired) electrons. The van der Waals surface area contributed by atoms with Crippen molar-refractivity contribution in [3.63, 3.8) is 0 Å². The molecule has 0 unspecified atom stereocenters. The van der Waals surface area contributed by atoms with Gasteiger partial charge >= 0.3 is 5.97 Å². The third kappa shape index (κ3) is 6.36. The molecule has 2 aromatic carbocycles. The summed E-state index contributed by atoms with van der Waals surface area (Å²) in [4.78, 5) is 13.2. The lowest BCUT2D eigenvalue weighted by molar-refractivity contribution is -0.136. The van der Waals surface area contributed by atoms with Crippen LogP contribution in [-0.2, 0) is 17.6 Å². The SMILES string of the molecule is O=C(O)CCc1cccc(NC2CCN(CCc3ccc(F)cc3)CC2)c1. The van der Waals surface area contributed by atoms with E-state index in [1.54, 1.807) is 0 Å². The smallest absolute Gasteiger partial charge is 0.303 e. The van der Waals surface area contributed by atoms with E-state index < -0.39 is 5.97 Å². The van der Waals surface area contributed by atoms with Gasteiger partial charge in [0.1, 0.15) is 5.82 Å². The summed E-state index contributed by atoms with van der Waals surface area (Å²) in [5, 5.41) is 12.4. The first kappa shape index (κ1) is 19.4. The van der Waals surface area contributed by atoms with Crippen LogP contribution >= 0.6 is 0 Å². The molecule has 0 amide bonds. The van der Waals surface area contributed by atoms with Crippen molar-refractivity contribution in [2.24, 2.45) is 0 Å². The van der Waals surface area contributed by atoms with E-state index in [4.69, 9.17) is 5.11 Å². The van der Waals surface area contributed by atoms with Gasteiger partial charge in [-0.2, -0.15) is 0 Å². The molecule has 1 saturated heterocycles. The van der Waals surface area contributed by atoms with E-state index in [2.05, 4.69) is 16.3 Å². The lowest BCUT2D eigenvalue weighted by atomic mass is 10.0. The van der Waals surface area contributed by atoms with Crippen LogP contribution in [0.1, 0.15) is 30.4 Å². The number of anilines is 1. The van der Waals surface area contributed by atoms with E-state index in [0.29, 0.717) is 12.5 Å². The number of nitrogens with zero attached hydrogens (tertiary/aromatic N) is 1. The Balaban J connectivity index is 1.42. The van der Waals surface area contributed by atoms with Crippen LogP contribution in [0.15, 0.2) is 48.5 Å². The summed E-state index contributed by atoms with van der Waals surface area (Å²) in [6.07, 6.45) is 3.85. The molecule has 4 nitrogen and oxygen atoms in total. The summed E-state index contributed by atoms with van der Waals surface area (Å²) in [5.74, 6) is -0.945. The molecule has 0 aliphatic carbocycles. The molecule has 1 heterocycles. The minimum Gasteiger partial charge on any atom is -0.481 e. The highest BCUT2D eigenvalue weighted by molar-refractivity contribution is 5.67. The molecule has 2 aromatic rings. The normalized spacial score (nSPS) is 15.6. The molecule has 0 atom stereocenters. The molecule has 0 saturated carbocycles. The van der Waals surface area contributed by atoms with E-state index in [-0.39, 0.29) is 12.2 Å². The van der Waals surface area contributed by atoms with Crippen LogP contribution in [0.25, 0.3) is 0 Å². The first-order valence-electron chi connectivity index (χ1n) is 9.62. The Morgan fingerprint density at radius 2 is 1.81 bits per heavy atom. The van der Waals surface area contributed by atoms with Crippen LogP contribution in [-0.4, -0.2) is 41.7 Å². The molecule has 2 N–H and O–H groups in total. The predicted octanol–water partition coefficient (Wildman–Crippen LogP) is 3.96. The fourth-order valence-electron chi connectivity index (χ4n) is 3.54. The number of hydrogen-bond acceptors (Lipinski definition) is 3. The number of likely N-dealkylation sites (tertiary alicyclic amines) is 1. The Kier molecular flexibility index (Phi) is 6.82. The second-order valence-corrected chi connectivity index (χ2v) is 7.23. The van der Waals surface area contributed by atoms with Crippen LogP contribution in [0.5, 0.6) is 0 Å². The predicted molar refractivity (Wildman–Crippen MR) is 106 cm³/mol. The van der Waals surface area contributed by atoms with Crippen molar-refractivity contribution in [3.05, 3.63) is 65.5 Å². The highest BCUT2D eigenvalue weighted by Gasteiger charge is 2.18. The zero-order valence-electron chi connectivity index (χ0n) is 15.5. The molecule has 5 heteroatoms. The Morgan fingerprint density at radius 3 is 2.52 bits per heavy atom. The summed E-state index contributed by atoms with van der Waals surface area (Å²) < 4.78 is 13.0. The first-order chi connectivity index (χ1) is 13.1. The zero-order valence-corrected chi connectivity index (χ0v) is 15.5. The second-order valence-electron chi connectivity index (χ2n) is 7.23. The van der Waals surface area contributed by atoms with E-state index in [9.17, 15) is 9.18 Å². The topological polar surface area (TPSA) is 52.6 Å². The Bertz CT molecular complexity index is 740. The lowest BCUT2D eigenvalue weighted by Gasteiger charge is -2.33. The summed E-state index contributed by atoms with van der Waals surface area (Å²) in [7, 11) is 0. The fourth-order valence-corrected chi connectivity index (χ4v) is 3.54. The third-order valence-corrected chi connectivity index (χ3v) is 5.14. The number of carbonyl (C=O) groups is 1. The fraction of sp³-hybridized carbons (Fsp3) is 0.409. The highest BCUT2D eigenvalue weighted by atomic mass is 19.1. The number of aryl methyl sites for hydroxylation is 1. The van der Waals surface area contributed by atoms with Crippen molar-refractivity contribution in [2.45, 2.75) is 38.1 Å². The molecule has 3 rings (SSSR count). The van der Waals surface area contributed by atoms with E-state index in [1.165, 1.54) is 17.7 Å². The number of piperidine rings is 1. The molecule has 1 fully saturated rings. The van der Waals surface area contributed by atoms with Crippen molar-refractivity contribution in [2.75, 3.05) is 25.0 Å². The number of nitrogens with one attached hydrogen (secondary N) is 1. The van der Waals surface area contributed by atoms with Gasteiger partial charge in [-0.05, 0) is 61.1 Å². The van der Waals surface area contributed by atoms with Gasteiger partial charge in [-0.15, -0.1) is 0 Å². The molecule has 1 aliphatic rings. The van der Waals surface area contributed by atoms with Crippen molar-refractivity contribution in [1.29, 1.82) is 0 Å². The number of rotatable bonds is 8. The number of halogens is 1. The number of carboxylic acids is 1. The van der Waals surface area contributed by atoms with Crippen molar-refractivity contribution in [3.8, 4) is 0 Å². The van der Waals surface area contributed by atoms with Gasteiger partial charge in [-0.25, -0.2) is 4.39 Å². The maximum absolute atomic E-state index is 13.0. The molecule has 27 heavy (non-hydrogen) atoms. The lowest BCUT2D eigenvalue weighted by Crippen LogP contribution is -2.40. The van der Waals surface area contributed by atoms with Crippen molar-refractivity contribution < 1.29 is 14.3 Å². The molecular formula is C22H27FN2O2. The van der Waals surface area contributed by atoms with Gasteiger partial charge < -0.3 is 15.3 Å². The number of aliphatic carboxylic acids is 1. The van der Waals surface area contributed by atoms with Gasteiger partial charge in [0.15, 0.2) is 0 Å². The van der Waals surface area contributed by atoms with Crippen molar-refractivity contribution in [1.82, 2.24) is 4.90 Å². The second kappa shape index (κ2) is 9.51. The van der Waals surface area contributed by atoms with Crippen molar-refractivity contribution >= 4 is 11.7 Å². The van der Waals surface area contributed by atoms with Gasteiger partial charge in [0.25, 0.3) is 0 Å². The van der Waals surface area contributed by atoms with Gasteiger partial charge in [0, 0.05) is 37.8 Å². The average Bonchev–Trinajstić information content (AvgIpc) is 2.67. The molecular weight excluding hydrogens is 343 g/mol. The first-order valence-corrected chi connectivity index (χ1v) is 9.62. The average molecular weight is 370 g/mol. The summed E-state index contributed by atoms with van der Waals surface area (Å²) in [5.41, 5.74) is 3.30. The molecule has 144 valence electrons. The molecule has 1 aliphatic heterocycles. The standard InChI is InChI=1S/C22H27FN2O2/c23-19-7-4-17(5-8-19)10-13-25-14-11-20(12-15-25)24-21-3-1-2-18(16-21)6-9-22(26)27/h1-5,7-8,16,20,24H,6,9-15H2,(H,26,27). The minimum atomic E-state index is -0.763. The quantitative estimate of drug-likeness (QED) is 0.738. The molecule has 0 aromatic heterocycles. The maximum Gasteiger partial charge on any atom is 0.303 e. The van der Waals surface area contributed by atoms with Crippen LogP contribution in [0.2, 0.25) is 0 Å². The summed E-state index contributed by atoms with van der Waals surface area (Å²) in [6, 6.07) is 15.3. The minimum absolute atomic E-state index is 0.163. The zero-order chi connectivity index (χ0) is 19.1. The highest BCUT2D eigenvalue weighted by Crippen LogP contribution is 2.19. The van der Waals surface area contributed by atoms with E-state index in [0.717, 1.165) is 50.1 Å². The molecule has 0 spiro atoms. The van der Waals surface area contributed by atoms with Crippen LogP contribution in [0.4, 0.5) is 10.1 Å². The largest absolute Gasteiger partial charge is 0.481 e. The van der Waals surface area contributed by atoms with E-state index in [1.807, 2.05) is 30.3 Å². The van der Waals surface area contributed by atoms with Gasteiger partial charge in [-0.3, -0.25) is 4.79 Å². The van der Waals surface area contributed by atoms with Gasteiger partial charge in [0.05, 0.1) is 0 Å². The Hall–Kier alpha value is -2.40. The Labute approximate surface area is 160 Å². The van der Waals surface area contributed by atoms with Gasteiger partial charge in [-0.1, -0.05) is 24.3 Å². The summed E-state index contributed by atoms with van der Waals surface area (Å²) in [6.45, 7) is 3.11. The van der Waals surface area contributed by atoms with Gasteiger partial charge in [0.2, 0.25) is 0 Å². The third-order valence-electron chi connectivity index (χ3n) is 5.14. The van der Waals surface area contributed by atoms with Crippen LogP contribution in [0.3, 0.4) is 0 Å². The molecule has 0 bridgehead atoms.